The SMILES string of the molecule is COc1ccc(-c2c(Cc3ccccc3)c(-c3ccc(C)cc3)nn2OC(=O)Nc2ccccc2)cc1. The van der Waals surface area contributed by atoms with E-state index in [-0.39, 0.29) is 0 Å². The van der Waals surface area contributed by atoms with E-state index in [1.165, 1.54) is 4.85 Å². The van der Waals surface area contributed by atoms with Gasteiger partial charge in [0.05, 0.1) is 7.11 Å². The second kappa shape index (κ2) is 10.8. The molecule has 184 valence electrons. The Morgan fingerprint density at radius 2 is 1.43 bits per heavy atom. The van der Waals surface area contributed by atoms with E-state index in [4.69, 9.17) is 14.7 Å². The van der Waals surface area contributed by atoms with Crippen LogP contribution in [0.5, 0.6) is 5.75 Å². The van der Waals surface area contributed by atoms with Gasteiger partial charge in [-0.25, -0.2) is 4.79 Å². The zero-order valence-electron chi connectivity index (χ0n) is 20.7. The van der Waals surface area contributed by atoms with E-state index >= 15 is 0 Å². The van der Waals surface area contributed by atoms with Crippen LogP contribution in [-0.2, 0) is 6.42 Å². The summed E-state index contributed by atoms with van der Waals surface area (Å²) in [5.41, 5.74) is 7.11. The first-order valence-corrected chi connectivity index (χ1v) is 12.0. The summed E-state index contributed by atoms with van der Waals surface area (Å²) in [4.78, 5) is 20.0. The van der Waals surface area contributed by atoms with Gasteiger partial charge in [0.15, 0.2) is 0 Å². The first kappa shape index (κ1) is 23.9. The fourth-order valence-electron chi connectivity index (χ4n) is 4.18. The molecule has 0 aliphatic carbocycles. The number of amides is 1. The molecule has 0 atom stereocenters. The number of carbonyl (C=O) groups excluding carboxylic acids is 1. The van der Waals surface area contributed by atoms with Gasteiger partial charge in [-0.3, -0.25) is 10.2 Å². The number of methoxy groups -OCH3 is 1. The number of nitrogens with one attached hydrogen (secondary N) is 1. The Morgan fingerprint density at radius 1 is 0.811 bits per heavy atom. The number of aromatic nitrogens is 2. The van der Waals surface area contributed by atoms with Crippen LogP contribution >= 0.6 is 0 Å². The summed E-state index contributed by atoms with van der Waals surface area (Å²) in [6.45, 7) is 2.05. The van der Waals surface area contributed by atoms with Crippen LogP contribution in [0.25, 0.3) is 22.5 Å². The van der Waals surface area contributed by atoms with Crippen LogP contribution in [0.15, 0.2) is 109 Å². The minimum Gasteiger partial charge on any atom is -0.497 e. The zero-order valence-corrected chi connectivity index (χ0v) is 20.7. The topological polar surface area (TPSA) is 65.4 Å². The number of para-hydroxylation sites is 1. The molecule has 0 radical (unpaired) electrons. The third-order valence-corrected chi connectivity index (χ3v) is 6.06. The fourth-order valence-corrected chi connectivity index (χ4v) is 4.18. The predicted molar refractivity (Wildman–Crippen MR) is 146 cm³/mol. The number of hydrogen-bond donors (Lipinski definition) is 1. The number of benzene rings is 4. The third-order valence-electron chi connectivity index (χ3n) is 6.06. The first-order chi connectivity index (χ1) is 18.1. The summed E-state index contributed by atoms with van der Waals surface area (Å²) in [6, 6.07) is 35.2. The van der Waals surface area contributed by atoms with Crippen molar-refractivity contribution in [3.05, 3.63) is 126 Å². The normalized spacial score (nSPS) is 10.6. The molecule has 0 fully saturated rings. The number of ether oxygens (including phenoxy) is 1. The summed E-state index contributed by atoms with van der Waals surface area (Å²) in [6.07, 6.45) is -0.0279. The molecule has 5 rings (SSSR count). The van der Waals surface area contributed by atoms with Gasteiger partial charge in [-0.1, -0.05) is 83.2 Å². The molecule has 0 spiro atoms. The highest BCUT2D eigenvalue weighted by atomic mass is 16.7. The Labute approximate surface area is 216 Å². The molecule has 0 saturated carbocycles. The van der Waals surface area contributed by atoms with Gasteiger partial charge in [0.25, 0.3) is 0 Å². The van der Waals surface area contributed by atoms with E-state index in [0.717, 1.165) is 39.3 Å². The fraction of sp³-hybridized carbons (Fsp3) is 0.0968. The average Bonchev–Trinajstić information content (AvgIpc) is 3.27. The van der Waals surface area contributed by atoms with Crippen molar-refractivity contribution < 1.29 is 14.4 Å². The molecule has 1 N–H and O–H groups in total. The molecule has 0 aliphatic heterocycles. The molecule has 4 aromatic carbocycles. The maximum absolute atomic E-state index is 12.9. The Bertz CT molecular complexity index is 1480. The van der Waals surface area contributed by atoms with Crippen molar-refractivity contribution in [1.29, 1.82) is 0 Å². The number of rotatable bonds is 7. The van der Waals surface area contributed by atoms with Crippen LogP contribution < -0.4 is 14.9 Å². The van der Waals surface area contributed by atoms with Crippen molar-refractivity contribution in [3.8, 4) is 28.3 Å². The lowest BCUT2D eigenvalue weighted by atomic mass is 9.96. The Morgan fingerprint density at radius 3 is 2.08 bits per heavy atom. The standard InChI is InChI=1S/C31H27N3O3/c1-22-13-15-24(16-14-22)29-28(21-23-9-5-3-6-10-23)30(25-17-19-27(36-2)20-18-25)34(33-29)37-31(35)32-26-11-7-4-8-12-26/h3-20H,21H2,1-2H3,(H,32,35). The van der Waals surface area contributed by atoms with Gasteiger partial charge in [-0.05, 0) is 48.9 Å². The molecule has 0 unspecified atom stereocenters. The minimum absolute atomic E-state index is 0.606. The summed E-state index contributed by atoms with van der Waals surface area (Å²) >= 11 is 0. The minimum atomic E-state index is -0.634. The number of aryl methyl sites for hydroxylation is 1. The van der Waals surface area contributed by atoms with Crippen molar-refractivity contribution in [3.63, 3.8) is 0 Å². The molecule has 6 heteroatoms. The zero-order chi connectivity index (χ0) is 25.6. The number of hydrogen-bond acceptors (Lipinski definition) is 4. The highest BCUT2D eigenvalue weighted by Crippen LogP contribution is 2.34. The van der Waals surface area contributed by atoms with E-state index in [1.54, 1.807) is 19.2 Å². The summed E-state index contributed by atoms with van der Waals surface area (Å²) < 4.78 is 5.36. The van der Waals surface area contributed by atoms with E-state index < -0.39 is 6.09 Å². The van der Waals surface area contributed by atoms with Crippen molar-refractivity contribution in [2.75, 3.05) is 12.4 Å². The van der Waals surface area contributed by atoms with Gasteiger partial charge in [-0.15, -0.1) is 5.10 Å². The van der Waals surface area contributed by atoms with Gasteiger partial charge < -0.3 is 4.74 Å². The maximum Gasteiger partial charge on any atom is 0.437 e. The molecule has 5 aromatic rings. The van der Waals surface area contributed by atoms with E-state index in [2.05, 4.69) is 29.6 Å². The van der Waals surface area contributed by atoms with Crippen LogP contribution in [0.4, 0.5) is 10.5 Å². The van der Waals surface area contributed by atoms with E-state index in [0.29, 0.717) is 17.8 Å². The van der Waals surface area contributed by atoms with E-state index in [9.17, 15) is 4.79 Å². The molecule has 1 amide bonds. The van der Waals surface area contributed by atoms with Crippen molar-refractivity contribution in [1.82, 2.24) is 9.94 Å². The van der Waals surface area contributed by atoms with Crippen LogP contribution in [0.1, 0.15) is 16.7 Å². The van der Waals surface area contributed by atoms with Crippen molar-refractivity contribution >= 4 is 11.8 Å². The molecular weight excluding hydrogens is 462 g/mol. The molecule has 37 heavy (non-hydrogen) atoms. The molecule has 1 aromatic heterocycles. The summed E-state index contributed by atoms with van der Waals surface area (Å²) in [5.74, 6) is 0.737. The van der Waals surface area contributed by atoms with Crippen molar-refractivity contribution in [2.24, 2.45) is 0 Å². The summed E-state index contributed by atoms with van der Waals surface area (Å²) in [5, 5.41) is 7.58. The van der Waals surface area contributed by atoms with Gasteiger partial charge >= 0.3 is 6.09 Å². The lowest BCUT2D eigenvalue weighted by molar-refractivity contribution is 0.132. The van der Waals surface area contributed by atoms with Crippen LogP contribution in [0, 0.1) is 6.92 Å². The van der Waals surface area contributed by atoms with Crippen LogP contribution in [-0.4, -0.2) is 23.1 Å². The molecule has 0 bridgehead atoms. The molecule has 0 saturated heterocycles. The third kappa shape index (κ3) is 5.54. The Hall–Kier alpha value is -4.84. The quantitative estimate of drug-likeness (QED) is 0.273. The van der Waals surface area contributed by atoms with E-state index in [1.807, 2.05) is 79.7 Å². The van der Waals surface area contributed by atoms with Gasteiger partial charge in [0.2, 0.25) is 0 Å². The molecule has 0 aliphatic rings. The number of anilines is 1. The van der Waals surface area contributed by atoms with Gasteiger partial charge in [0.1, 0.15) is 17.1 Å². The first-order valence-electron chi connectivity index (χ1n) is 12.0. The Kier molecular flexibility index (Phi) is 6.99. The second-order valence-electron chi connectivity index (χ2n) is 8.68. The second-order valence-corrected chi connectivity index (χ2v) is 8.68. The number of nitrogens with zero attached hydrogens (tertiary/aromatic N) is 2. The van der Waals surface area contributed by atoms with Crippen molar-refractivity contribution in [2.45, 2.75) is 13.3 Å². The maximum atomic E-state index is 12.9. The number of carbonyl (C=O) groups is 1. The van der Waals surface area contributed by atoms with Gasteiger partial charge in [-0.2, -0.15) is 0 Å². The molecule has 6 nitrogen and oxygen atoms in total. The highest BCUT2D eigenvalue weighted by Gasteiger charge is 2.24. The largest absolute Gasteiger partial charge is 0.497 e. The lowest BCUT2D eigenvalue weighted by Crippen LogP contribution is -2.26. The van der Waals surface area contributed by atoms with Crippen LogP contribution in [0.2, 0.25) is 0 Å². The van der Waals surface area contributed by atoms with Crippen LogP contribution in [0.3, 0.4) is 0 Å². The van der Waals surface area contributed by atoms with Gasteiger partial charge in [0, 0.05) is 28.8 Å². The Balaban J connectivity index is 1.64. The average molecular weight is 490 g/mol. The summed E-state index contributed by atoms with van der Waals surface area (Å²) in [7, 11) is 1.63. The highest BCUT2D eigenvalue weighted by molar-refractivity contribution is 5.85. The molecule has 1 heterocycles. The molecular formula is C31H27N3O3. The smallest absolute Gasteiger partial charge is 0.437 e. The predicted octanol–water partition coefficient (Wildman–Crippen LogP) is 6.79. The lowest BCUT2D eigenvalue weighted by Gasteiger charge is -2.11. The monoisotopic (exact) mass is 489 g/mol.